The van der Waals surface area contributed by atoms with Gasteiger partial charge in [0.15, 0.2) is 0 Å². The lowest BCUT2D eigenvalue weighted by atomic mass is 9.95. The second-order valence-electron chi connectivity index (χ2n) is 6.04. The second kappa shape index (κ2) is 5.48. The number of rotatable bonds is 1. The van der Waals surface area contributed by atoms with Gasteiger partial charge in [-0.25, -0.2) is 0 Å². The summed E-state index contributed by atoms with van der Waals surface area (Å²) in [4.78, 5) is 2.50. The monoisotopic (exact) mass is 389 g/mol. The van der Waals surface area contributed by atoms with E-state index in [1.165, 1.54) is 28.0 Å². The van der Waals surface area contributed by atoms with Gasteiger partial charge in [-0.3, -0.25) is 0 Å². The van der Waals surface area contributed by atoms with Crippen LogP contribution >= 0.6 is 22.6 Å². The van der Waals surface area contributed by atoms with Crippen LogP contribution in [0.4, 0.5) is 5.69 Å². The summed E-state index contributed by atoms with van der Waals surface area (Å²) in [5.41, 5.74) is 6.69. The van der Waals surface area contributed by atoms with Crippen LogP contribution in [0.25, 0.3) is 11.6 Å². The molecule has 1 aliphatic rings. The molecule has 0 saturated carbocycles. The Balaban J connectivity index is 2.26. The number of para-hydroxylation sites is 1. The number of hydrogen-bond acceptors (Lipinski definition) is 1. The largest absolute Gasteiger partial charge is 0.353 e. The molecular weight excluding hydrogens is 369 g/mol. The molecule has 2 heteroatoms. The van der Waals surface area contributed by atoms with Crippen LogP contribution in [-0.4, -0.2) is 3.55 Å². The van der Waals surface area contributed by atoms with Gasteiger partial charge in [-0.2, -0.15) is 0 Å². The Morgan fingerprint density at radius 1 is 1.00 bits per heavy atom. The van der Waals surface area contributed by atoms with Crippen molar-refractivity contribution in [3.63, 3.8) is 0 Å². The quantitative estimate of drug-likeness (QED) is 0.342. The van der Waals surface area contributed by atoms with Crippen molar-refractivity contribution in [1.82, 2.24) is 0 Å². The van der Waals surface area contributed by atoms with Crippen molar-refractivity contribution < 1.29 is 0 Å². The fourth-order valence-corrected chi connectivity index (χ4v) is 3.33. The average Bonchev–Trinajstić information content (AvgIpc) is 2.43. The van der Waals surface area contributed by atoms with E-state index in [0.717, 1.165) is 6.54 Å². The normalized spacial score (nSPS) is 17.1. The highest BCUT2D eigenvalue weighted by molar-refractivity contribution is 14.1. The zero-order valence-corrected chi connectivity index (χ0v) is 14.9. The summed E-state index contributed by atoms with van der Waals surface area (Å²) >= 11 is 2.53. The molecule has 0 fully saturated rings. The smallest absolute Gasteiger partial charge is 0.0865 e. The Bertz CT molecular complexity index is 695. The van der Waals surface area contributed by atoms with E-state index >= 15 is 0 Å². The molecule has 2 aromatic carbocycles. The molecule has 0 aromatic heterocycles. The number of nitrogens with zero attached hydrogens (tertiary/aromatic N) is 1. The molecule has 21 heavy (non-hydrogen) atoms. The zero-order valence-electron chi connectivity index (χ0n) is 12.7. The molecule has 0 N–H and O–H groups in total. The van der Waals surface area contributed by atoms with E-state index in [4.69, 9.17) is 0 Å². The van der Waals surface area contributed by atoms with Crippen LogP contribution < -0.4 is 4.90 Å². The Morgan fingerprint density at radius 3 is 2.43 bits per heavy atom. The van der Waals surface area contributed by atoms with Crippen molar-refractivity contribution in [2.75, 3.05) is 4.90 Å². The minimum absolute atomic E-state index is 0.0542. The number of benzene rings is 2. The van der Waals surface area contributed by atoms with Crippen LogP contribution in [0.2, 0.25) is 0 Å². The number of allylic oxidation sites excluding steroid dienone is 1. The summed E-state index contributed by atoms with van der Waals surface area (Å²) in [7, 11) is 0. The van der Waals surface area contributed by atoms with E-state index in [9.17, 15) is 0 Å². The Hall–Kier alpha value is -1.29. The Labute approximate surface area is 140 Å². The van der Waals surface area contributed by atoms with E-state index in [1.807, 2.05) is 0 Å². The fraction of sp³-hybridized carbons (Fsp3) is 0.263. The molecule has 0 unspecified atom stereocenters. The molecule has 0 bridgehead atoms. The van der Waals surface area contributed by atoms with E-state index in [0.29, 0.717) is 0 Å². The standard InChI is InChI=1S/C19H20IN/c1-14-12-15-8-4-5-9-16(15)13-21(19(2,3)20)18-11-7-6-10-17(14)18/h4-12H,13H2,1-3H3/b14-12-. The van der Waals surface area contributed by atoms with Crippen LogP contribution in [0.1, 0.15) is 37.5 Å². The minimum atomic E-state index is 0.0542. The molecule has 1 heterocycles. The maximum atomic E-state index is 2.53. The van der Waals surface area contributed by atoms with Crippen LogP contribution in [0.15, 0.2) is 48.5 Å². The van der Waals surface area contributed by atoms with Gasteiger partial charge < -0.3 is 4.90 Å². The van der Waals surface area contributed by atoms with Gasteiger partial charge >= 0.3 is 0 Å². The summed E-state index contributed by atoms with van der Waals surface area (Å²) in [6, 6.07) is 17.4. The topological polar surface area (TPSA) is 3.24 Å². The van der Waals surface area contributed by atoms with Gasteiger partial charge in [0.25, 0.3) is 0 Å². The van der Waals surface area contributed by atoms with Crippen molar-refractivity contribution in [2.24, 2.45) is 0 Å². The van der Waals surface area contributed by atoms with Crippen LogP contribution in [-0.2, 0) is 6.54 Å². The molecule has 108 valence electrons. The molecule has 0 saturated heterocycles. The van der Waals surface area contributed by atoms with E-state index in [2.05, 4.69) is 103 Å². The van der Waals surface area contributed by atoms with Gasteiger partial charge in [0.05, 0.1) is 3.55 Å². The minimum Gasteiger partial charge on any atom is -0.353 e. The Morgan fingerprint density at radius 2 is 1.67 bits per heavy atom. The van der Waals surface area contributed by atoms with Crippen molar-refractivity contribution in [2.45, 2.75) is 30.9 Å². The van der Waals surface area contributed by atoms with Crippen LogP contribution in [0.3, 0.4) is 0 Å². The van der Waals surface area contributed by atoms with Crippen molar-refractivity contribution in [1.29, 1.82) is 0 Å². The molecule has 0 atom stereocenters. The molecule has 0 spiro atoms. The lowest BCUT2D eigenvalue weighted by Crippen LogP contribution is -2.39. The first-order valence-electron chi connectivity index (χ1n) is 7.29. The summed E-state index contributed by atoms with van der Waals surface area (Å²) in [6.07, 6.45) is 2.31. The lowest BCUT2D eigenvalue weighted by molar-refractivity contribution is 0.657. The predicted molar refractivity (Wildman–Crippen MR) is 101 cm³/mol. The van der Waals surface area contributed by atoms with Gasteiger partial charge in [0.1, 0.15) is 0 Å². The summed E-state index contributed by atoms with van der Waals surface area (Å²) in [6.45, 7) is 7.69. The first-order chi connectivity index (χ1) is 9.97. The highest BCUT2D eigenvalue weighted by Crippen LogP contribution is 2.38. The van der Waals surface area contributed by atoms with Gasteiger partial charge in [0, 0.05) is 17.8 Å². The summed E-state index contributed by atoms with van der Waals surface area (Å²) < 4.78 is 0.0542. The first-order valence-corrected chi connectivity index (χ1v) is 8.37. The van der Waals surface area contributed by atoms with E-state index in [-0.39, 0.29) is 3.55 Å². The van der Waals surface area contributed by atoms with Crippen molar-refractivity contribution in [3.8, 4) is 0 Å². The molecule has 0 radical (unpaired) electrons. The highest BCUT2D eigenvalue weighted by Gasteiger charge is 2.27. The SMILES string of the molecule is C/C1=C/c2ccccc2CN(C(C)(C)I)c2ccccc21. The molecule has 2 aromatic rings. The number of fused-ring (bicyclic) bond motifs is 2. The molecule has 1 nitrogen and oxygen atoms in total. The third kappa shape index (κ3) is 2.86. The number of halogens is 1. The Kier molecular flexibility index (Phi) is 3.82. The van der Waals surface area contributed by atoms with Gasteiger partial charge in [-0.15, -0.1) is 0 Å². The zero-order chi connectivity index (χ0) is 15.0. The van der Waals surface area contributed by atoms with Gasteiger partial charge in [0.2, 0.25) is 0 Å². The average molecular weight is 389 g/mol. The van der Waals surface area contributed by atoms with E-state index < -0.39 is 0 Å². The van der Waals surface area contributed by atoms with Gasteiger partial charge in [-0.1, -0.05) is 71.1 Å². The third-order valence-electron chi connectivity index (χ3n) is 4.02. The second-order valence-corrected chi connectivity index (χ2v) is 8.68. The fourth-order valence-electron chi connectivity index (χ4n) is 2.90. The summed E-state index contributed by atoms with van der Waals surface area (Å²) in [5.74, 6) is 0. The summed E-state index contributed by atoms with van der Waals surface area (Å²) in [5, 5.41) is 0. The molecule has 3 rings (SSSR count). The first kappa shape index (κ1) is 14.6. The third-order valence-corrected chi connectivity index (χ3v) is 4.60. The maximum absolute atomic E-state index is 2.53. The number of alkyl halides is 1. The van der Waals surface area contributed by atoms with Crippen LogP contribution in [0.5, 0.6) is 0 Å². The van der Waals surface area contributed by atoms with Gasteiger partial charge in [-0.05, 0) is 43.5 Å². The molecule has 0 aliphatic carbocycles. The van der Waals surface area contributed by atoms with Crippen molar-refractivity contribution >= 4 is 39.9 Å². The highest BCUT2D eigenvalue weighted by atomic mass is 127. The molecular formula is C19H20IN. The van der Waals surface area contributed by atoms with E-state index in [1.54, 1.807) is 0 Å². The number of hydrogen-bond donors (Lipinski definition) is 0. The molecule has 1 aliphatic heterocycles. The molecule has 0 amide bonds. The predicted octanol–water partition coefficient (Wildman–Crippen LogP) is 5.74. The maximum Gasteiger partial charge on any atom is 0.0865 e. The van der Waals surface area contributed by atoms with Crippen molar-refractivity contribution in [3.05, 3.63) is 65.2 Å². The van der Waals surface area contributed by atoms with Crippen LogP contribution in [0, 0.1) is 0 Å². The lowest BCUT2D eigenvalue weighted by Gasteiger charge is -2.39. The number of anilines is 1.